The van der Waals surface area contributed by atoms with Gasteiger partial charge >= 0.3 is 0 Å². The molecule has 2 N–H and O–H groups in total. The number of fused-ring (bicyclic) bond motifs is 1. The lowest BCUT2D eigenvalue weighted by atomic mass is 10.0. The molecule has 0 unspecified atom stereocenters. The van der Waals surface area contributed by atoms with Gasteiger partial charge in [0.1, 0.15) is 23.3 Å². The van der Waals surface area contributed by atoms with Gasteiger partial charge in [0.15, 0.2) is 0 Å². The van der Waals surface area contributed by atoms with Gasteiger partial charge in [-0.1, -0.05) is 6.07 Å². The summed E-state index contributed by atoms with van der Waals surface area (Å²) in [5.41, 5.74) is 0.521. The van der Waals surface area contributed by atoms with Crippen molar-refractivity contribution in [1.29, 1.82) is 0 Å². The van der Waals surface area contributed by atoms with Gasteiger partial charge in [0, 0.05) is 30.7 Å². The van der Waals surface area contributed by atoms with Gasteiger partial charge in [0.05, 0.1) is 28.5 Å². The molecule has 9 heteroatoms. The van der Waals surface area contributed by atoms with Crippen LogP contribution >= 0.6 is 0 Å². The second-order valence-electron chi connectivity index (χ2n) is 8.94. The van der Waals surface area contributed by atoms with E-state index in [1.54, 1.807) is 6.07 Å². The topological polar surface area (TPSA) is 77.1 Å². The Labute approximate surface area is 201 Å². The molecular weight excluding hydrogens is 450 g/mol. The van der Waals surface area contributed by atoms with Crippen LogP contribution in [0.1, 0.15) is 12.8 Å². The molecule has 0 aliphatic carbocycles. The molecule has 1 aliphatic rings. The Bertz CT molecular complexity index is 1390. The fraction of sp³-hybridized carbons (Fsp3) is 0.269. The smallest absolute Gasteiger partial charge is 0.256 e. The molecule has 4 heterocycles. The van der Waals surface area contributed by atoms with Crippen molar-refractivity contribution in [2.75, 3.05) is 37.4 Å². The molecule has 5 rings (SSSR count). The lowest BCUT2D eigenvalue weighted by Gasteiger charge is -2.36. The Balaban J connectivity index is 1.35. The number of pyridine rings is 3. The largest absolute Gasteiger partial charge is 0.370 e. The summed E-state index contributed by atoms with van der Waals surface area (Å²) in [4.78, 5) is 28.8. The van der Waals surface area contributed by atoms with E-state index in [0.717, 1.165) is 43.8 Å². The molecule has 0 spiro atoms. The van der Waals surface area contributed by atoms with Crippen LogP contribution < -0.4 is 15.8 Å². The molecular formula is C26H26F2N6O. The predicted octanol–water partition coefficient (Wildman–Crippen LogP) is 4.54. The molecule has 1 saturated heterocycles. The number of halogens is 2. The first-order chi connectivity index (χ1) is 16.9. The monoisotopic (exact) mass is 476 g/mol. The van der Waals surface area contributed by atoms with Crippen molar-refractivity contribution in [1.82, 2.24) is 19.9 Å². The van der Waals surface area contributed by atoms with Gasteiger partial charge in [0.25, 0.3) is 5.56 Å². The number of nitrogens with one attached hydrogen (secondary N) is 2. The number of rotatable bonds is 5. The summed E-state index contributed by atoms with van der Waals surface area (Å²) in [6.45, 7) is 2.18. The van der Waals surface area contributed by atoms with Gasteiger partial charge in [-0.25, -0.2) is 18.7 Å². The first-order valence-electron chi connectivity index (χ1n) is 11.5. The average molecular weight is 477 g/mol. The van der Waals surface area contributed by atoms with Crippen LogP contribution in [-0.4, -0.2) is 53.1 Å². The number of hydrogen-bond acceptors (Lipinski definition) is 6. The fourth-order valence-corrected chi connectivity index (χ4v) is 4.50. The maximum atomic E-state index is 14.2. The summed E-state index contributed by atoms with van der Waals surface area (Å²) in [5, 5.41) is 3.69. The Kier molecular flexibility index (Phi) is 6.17. The average Bonchev–Trinajstić information content (AvgIpc) is 2.85. The van der Waals surface area contributed by atoms with Crippen molar-refractivity contribution >= 4 is 28.2 Å². The molecule has 4 aromatic rings. The minimum absolute atomic E-state index is 0.0819. The molecule has 1 aromatic carbocycles. The lowest BCUT2D eigenvalue weighted by molar-refractivity contribution is 0.253. The molecule has 35 heavy (non-hydrogen) atoms. The van der Waals surface area contributed by atoms with Gasteiger partial charge in [0.2, 0.25) is 0 Å². The minimum Gasteiger partial charge on any atom is -0.370 e. The zero-order valence-corrected chi connectivity index (χ0v) is 19.6. The number of H-pyrrole nitrogens is 1. The molecule has 3 aromatic heterocycles. The Hall–Kier alpha value is -3.85. The molecule has 1 aliphatic heterocycles. The van der Waals surface area contributed by atoms with Gasteiger partial charge < -0.3 is 20.1 Å². The third-order valence-electron chi connectivity index (χ3n) is 6.61. The van der Waals surface area contributed by atoms with E-state index in [4.69, 9.17) is 0 Å². The summed E-state index contributed by atoms with van der Waals surface area (Å²) in [5.74, 6) is -0.485. The summed E-state index contributed by atoms with van der Waals surface area (Å²) in [6.07, 6.45) is 5.62. The molecule has 0 radical (unpaired) electrons. The number of benzene rings is 1. The quantitative estimate of drug-likeness (QED) is 0.441. The van der Waals surface area contributed by atoms with Crippen LogP contribution in [0, 0.1) is 11.6 Å². The highest BCUT2D eigenvalue weighted by Crippen LogP contribution is 2.27. The normalized spacial score (nSPS) is 14.9. The van der Waals surface area contributed by atoms with E-state index >= 15 is 0 Å². The Morgan fingerprint density at radius 2 is 1.74 bits per heavy atom. The van der Waals surface area contributed by atoms with Crippen LogP contribution in [0.5, 0.6) is 0 Å². The zero-order chi connectivity index (χ0) is 24.5. The van der Waals surface area contributed by atoms with Crippen molar-refractivity contribution in [3.05, 3.63) is 76.8 Å². The molecule has 0 atom stereocenters. The lowest BCUT2D eigenvalue weighted by Crippen LogP contribution is -2.42. The first-order valence-corrected chi connectivity index (χ1v) is 11.5. The maximum Gasteiger partial charge on any atom is 0.256 e. The molecule has 1 fully saturated rings. The number of aromatic nitrogens is 3. The van der Waals surface area contributed by atoms with Crippen molar-refractivity contribution in [2.24, 2.45) is 0 Å². The van der Waals surface area contributed by atoms with E-state index in [0.29, 0.717) is 28.6 Å². The van der Waals surface area contributed by atoms with Crippen LogP contribution in [0.3, 0.4) is 0 Å². The number of likely N-dealkylation sites (tertiary alicyclic amines) is 1. The van der Waals surface area contributed by atoms with E-state index < -0.39 is 17.2 Å². The van der Waals surface area contributed by atoms with Crippen molar-refractivity contribution in [2.45, 2.75) is 18.9 Å². The van der Waals surface area contributed by atoms with E-state index in [2.05, 4.69) is 44.2 Å². The third kappa shape index (κ3) is 4.72. The Morgan fingerprint density at radius 1 is 1.03 bits per heavy atom. The van der Waals surface area contributed by atoms with E-state index in [9.17, 15) is 13.6 Å². The molecule has 0 saturated carbocycles. The highest BCUT2D eigenvalue weighted by molar-refractivity contribution is 5.85. The molecule has 0 amide bonds. The van der Waals surface area contributed by atoms with Gasteiger partial charge in [-0.3, -0.25) is 4.79 Å². The highest BCUT2D eigenvalue weighted by atomic mass is 19.1. The minimum atomic E-state index is -0.794. The van der Waals surface area contributed by atoms with Gasteiger partial charge in [-0.2, -0.15) is 0 Å². The number of piperidine rings is 1. The van der Waals surface area contributed by atoms with Gasteiger partial charge in [-0.05, 0) is 63.3 Å². The summed E-state index contributed by atoms with van der Waals surface area (Å²) < 4.78 is 28.4. The first kappa shape index (κ1) is 22.9. The van der Waals surface area contributed by atoms with Crippen molar-refractivity contribution in [3.63, 3.8) is 0 Å². The highest BCUT2D eigenvalue weighted by Gasteiger charge is 2.21. The van der Waals surface area contributed by atoms with Crippen LogP contribution in [0.2, 0.25) is 0 Å². The van der Waals surface area contributed by atoms with E-state index in [1.807, 2.05) is 18.3 Å². The Morgan fingerprint density at radius 3 is 2.43 bits per heavy atom. The summed E-state index contributed by atoms with van der Waals surface area (Å²) in [7, 11) is 4.25. The summed E-state index contributed by atoms with van der Waals surface area (Å²) >= 11 is 0. The number of aromatic amines is 1. The van der Waals surface area contributed by atoms with Crippen LogP contribution in [0.15, 0.2) is 59.7 Å². The second-order valence-corrected chi connectivity index (χ2v) is 8.94. The van der Waals surface area contributed by atoms with Crippen molar-refractivity contribution in [3.8, 4) is 11.1 Å². The zero-order valence-electron chi connectivity index (χ0n) is 19.6. The van der Waals surface area contributed by atoms with Crippen LogP contribution in [-0.2, 0) is 0 Å². The standard InChI is InChI=1S/C26H26F2N6O/c1-33-10-8-17(9-11-33)34(2)18-6-7-23(30-15-18)32-24-13-22-16(14-29-24)12-19(26(35)31-22)25-20(27)4-3-5-21(25)28/h3-7,12-15,17H,8-11H2,1-2H3,(H,31,35)(H,29,30,32). The van der Waals surface area contributed by atoms with Gasteiger partial charge in [-0.15, -0.1) is 0 Å². The maximum absolute atomic E-state index is 14.2. The number of hydrogen-bond donors (Lipinski definition) is 2. The molecule has 180 valence electrons. The second kappa shape index (κ2) is 9.42. The molecule has 7 nitrogen and oxygen atoms in total. The third-order valence-corrected chi connectivity index (χ3v) is 6.61. The van der Waals surface area contributed by atoms with E-state index in [1.165, 1.54) is 18.3 Å². The number of nitrogens with zero attached hydrogens (tertiary/aromatic N) is 4. The summed E-state index contributed by atoms with van der Waals surface area (Å²) in [6, 6.07) is 11.0. The predicted molar refractivity (Wildman–Crippen MR) is 134 cm³/mol. The van der Waals surface area contributed by atoms with Crippen LogP contribution in [0.25, 0.3) is 22.0 Å². The number of anilines is 3. The fourth-order valence-electron chi connectivity index (χ4n) is 4.50. The molecule has 0 bridgehead atoms. The van der Waals surface area contributed by atoms with E-state index in [-0.39, 0.29) is 11.1 Å². The van der Waals surface area contributed by atoms with Crippen molar-refractivity contribution < 1.29 is 8.78 Å². The SMILES string of the molecule is CN1CCC(N(C)c2ccc(Nc3cc4[nH]c(=O)c(-c5c(F)cccc5F)cc4cn3)nc2)CC1. The van der Waals surface area contributed by atoms with Crippen LogP contribution in [0.4, 0.5) is 26.1 Å².